The molecule has 4 aromatic heterocycles. The van der Waals surface area contributed by atoms with E-state index in [-0.39, 0.29) is 18.1 Å². The molecule has 0 saturated carbocycles. The number of fused-ring (bicyclic) bond motifs is 1. The Labute approximate surface area is 186 Å². The number of nitrogens with zero attached hydrogens (tertiary/aromatic N) is 4. The van der Waals surface area contributed by atoms with Crippen LogP contribution in [0.3, 0.4) is 0 Å². The van der Waals surface area contributed by atoms with Gasteiger partial charge in [-0.15, -0.1) is 0 Å². The molecule has 2 N–H and O–H groups in total. The van der Waals surface area contributed by atoms with Crippen LogP contribution in [0, 0.1) is 13.8 Å². The van der Waals surface area contributed by atoms with Crippen LogP contribution in [0.1, 0.15) is 51.6 Å². The van der Waals surface area contributed by atoms with Crippen molar-refractivity contribution in [3.05, 3.63) is 64.9 Å². The second-order valence-corrected chi connectivity index (χ2v) is 7.79. The molecule has 4 aromatic rings. The highest BCUT2D eigenvalue weighted by atomic mass is 16.2. The Kier molecular flexibility index (Phi) is 5.85. The SMILES string of the molecule is CCN(CC)C(=O)c1cc(-c2cc3cc(CC(=O)c4n[nH]c(C)c4C)cnc3[nH]2)ccn1. The molecular formula is C24H26N6O2. The molecular weight excluding hydrogens is 404 g/mol. The van der Waals surface area contributed by atoms with Crippen LogP contribution in [-0.2, 0) is 6.42 Å². The summed E-state index contributed by atoms with van der Waals surface area (Å²) >= 11 is 0. The largest absolute Gasteiger partial charge is 0.339 e. The maximum Gasteiger partial charge on any atom is 0.272 e. The van der Waals surface area contributed by atoms with Crippen molar-refractivity contribution < 1.29 is 9.59 Å². The third-order valence-electron chi connectivity index (χ3n) is 5.75. The van der Waals surface area contributed by atoms with E-state index in [9.17, 15) is 9.59 Å². The van der Waals surface area contributed by atoms with Crippen molar-refractivity contribution in [3.63, 3.8) is 0 Å². The van der Waals surface area contributed by atoms with Crippen molar-refractivity contribution in [1.29, 1.82) is 0 Å². The Balaban J connectivity index is 1.60. The molecule has 0 aliphatic rings. The minimum absolute atomic E-state index is 0.0440. The van der Waals surface area contributed by atoms with Crippen molar-refractivity contribution in [2.75, 3.05) is 13.1 Å². The number of amides is 1. The molecule has 1 amide bonds. The second-order valence-electron chi connectivity index (χ2n) is 7.79. The van der Waals surface area contributed by atoms with E-state index < -0.39 is 0 Å². The first-order chi connectivity index (χ1) is 15.4. The first-order valence-electron chi connectivity index (χ1n) is 10.7. The number of aryl methyl sites for hydroxylation is 1. The van der Waals surface area contributed by atoms with Gasteiger partial charge in [-0.2, -0.15) is 5.10 Å². The first kappa shape index (κ1) is 21.4. The van der Waals surface area contributed by atoms with Gasteiger partial charge in [0.25, 0.3) is 5.91 Å². The lowest BCUT2D eigenvalue weighted by Crippen LogP contribution is -2.31. The Morgan fingerprint density at radius 3 is 2.53 bits per heavy atom. The maximum absolute atomic E-state index is 12.7. The van der Waals surface area contributed by atoms with Crippen molar-refractivity contribution in [3.8, 4) is 11.3 Å². The fourth-order valence-electron chi connectivity index (χ4n) is 3.73. The highest BCUT2D eigenvalue weighted by Gasteiger charge is 2.17. The molecule has 0 aliphatic carbocycles. The van der Waals surface area contributed by atoms with Gasteiger partial charge in [0.05, 0.1) is 0 Å². The Hall–Kier alpha value is -3.81. The van der Waals surface area contributed by atoms with E-state index in [1.807, 2.05) is 45.9 Å². The van der Waals surface area contributed by atoms with E-state index in [0.717, 1.165) is 39.1 Å². The van der Waals surface area contributed by atoms with E-state index in [4.69, 9.17) is 0 Å². The first-order valence-corrected chi connectivity index (χ1v) is 10.7. The van der Waals surface area contributed by atoms with Crippen LogP contribution in [0.2, 0.25) is 0 Å². The van der Waals surface area contributed by atoms with Crippen LogP contribution in [0.15, 0.2) is 36.7 Å². The number of carbonyl (C=O) groups excluding carboxylic acids is 2. The van der Waals surface area contributed by atoms with Gasteiger partial charge in [-0.05, 0) is 57.5 Å². The molecule has 32 heavy (non-hydrogen) atoms. The van der Waals surface area contributed by atoms with Gasteiger partial charge in [0.2, 0.25) is 0 Å². The Bertz CT molecular complexity index is 1300. The number of H-pyrrole nitrogens is 2. The number of pyridine rings is 2. The summed E-state index contributed by atoms with van der Waals surface area (Å²) in [6, 6.07) is 7.58. The highest BCUT2D eigenvalue weighted by Crippen LogP contribution is 2.25. The number of Topliss-reactive ketones (excluding diaryl/α,β-unsaturated/α-hetero) is 1. The summed E-state index contributed by atoms with van der Waals surface area (Å²) < 4.78 is 0. The Morgan fingerprint density at radius 2 is 1.84 bits per heavy atom. The molecule has 0 aliphatic heterocycles. The molecule has 0 fully saturated rings. The van der Waals surface area contributed by atoms with E-state index in [1.165, 1.54) is 0 Å². The van der Waals surface area contributed by atoms with Gasteiger partial charge in [0, 0.05) is 59.8 Å². The lowest BCUT2D eigenvalue weighted by Gasteiger charge is -2.18. The maximum atomic E-state index is 12.7. The van der Waals surface area contributed by atoms with Crippen molar-refractivity contribution in [2.45, 2.75) is 34.1 Å². The monoisotopic (exact) mass is 430 g/mol. The molecule has 4 heterocycles. The quantitative estimate of drug-likeness (QED) is 0.433. The lowest BCUT2D eigenvalue weighted by molar-refractivity contribution is 0.0767. The number of nitrogens with one attached hydrogen (secondary N) is 2. The van der Waals surface area contributed by atoms with Crippen LogP contribution in [-0.4, -0.2) is 54.8 Å². The van der Waals surface area contributed by atoms with Crippen molar-refractivity contribution >= 4 is 22.7 Å². The summed E-state index contributed by atoms with van der Waals surface area (Å²) in [5.74, 6) is -0.131. The molecule has 8 heteroatoms. The third kappa shape index (κ3) is 4.03. The minimum atomic E-state index is -0.0872. The van der Waals surface area contributed by atoms with Gasteiger partial charge in [-0.3, -0.25) is 19.7 Å². The van der Waals surface area contributed by atoms with E-state index in [1.54, 1.807) is 23.4 Å². The standard InChI is InChI=1S/C24H26N6O2/c1-5-30(6-2)24(32)20-11-17(7-8-25-20)19-12-18-9-16(13-26-23(18)27-19)10-21(31)22-14(3)15(4)28-29-22/h7-9,11-13H,5-6,10H2,1-4H3,(H,26,27)(H,28,29). The summed E-state index contributed by atoms with van der Waals surface area (Å²) in [4.78, 5) is 39.1. The van der Waals surface area contributed by atoms with E-state index in [0.29, 0.717) is 24.5 Å². The molecule has 0 spiro atoms. The zero-order chi connectivity index (χ0) is 22.8. The molecule has 0 atom stereocenters. The van der Waals surface area contributed by atoms with Gasteiger partial charge in [-0.1, -0.05) is 0 Å². The van der Waals surface area contributed by atoms with Gasteiger partial charge < -0.3 is 9.88 Å². The predicted molar refractivity (Wildman–Crippen MR) is 123 cm³/mol. The molecule has 0 aromatic carbocycles. The Morgan fingerprint density at radius 1 is 1.06 bits per heavy atom. The highest BCUT2D eigenvalue weighted by molar-refractivity contribution is 5.98. The van der Waals surface area contributed by atoms with Gasteiger partial charge in [0.15, 0.2) is 5.78 Å². The number of aromatic amines is 2. The number of carbonyl (C=O) groups is 2. The molecule has 0 saturated heterocycles. The summed E-state index contributed by atoms with van der Waals surface area (Å²) in [7, 11) is 0. The summed E-state index contributed by atoms with van der Waals surface area (Å²) in [6.45, 7) is 8.96. The second kappa shape index (κ2) is 8.74. The number of rotatable bonds is 7. The minimum Gasteiger partial charge on any atom is -0.339 e. The summed E-state index contributed by atoms with van der Waals surface area (Å²) in [5.41, 5.74) is 5.89. The molecule has 0 radical (unpaired) electrons. The van der Waals surface area contributed by atoms with E-state index >= 15 is 0 Å². The van der Waals surface area contributed by atoms with Crippen LogP contribution in [0.25, 0.3) is 22.3 Å². The van der Waals surface area contributed by atoms with Crippen molar-refractivity contribution in [2.24, 2.45) is 0 Å². The fraction of sp³-hybridized carbons (Fsp3) is 0.292. The zero-order valence-corrected chi connectivity index (χ0v) is 18.7. The van der Waals surface area contributed by atoms with Crippen LogP contribution in [0.5, 0.6) is 0 Å². The lowest BCUT2D eigenvalue weighted by atomic mass is 10.0. The average molecular weight is 431 g/mol. The number of ketones is 1. The normalized spacial score (nSPS) is 11.1. The fourth-order valence-corrected chi connectivity index (χ4v) is 3.73. The number of aromatic nitrogens is 5. The van der Waals surface area contributed by atoms with Gasteiger partial charge >= 0.3 is 0 Å². The van der Waals surface area contributed by atoms with Gasteiger partial charge in [0.1, 0.15) is 17.0 Å². The molecule has 164 valence electrons. The molecule has 0 unspecified atom stereocenters. The summed E-state index contributed by atoms with van der Waals surface area (Å²) in [5, 5.41) is 7.88. The predicted octanol–water partition coefficient (Wildman–Crippen LogP) is 3.87. The molecule has 4 rings (SSSR count). The molecule has 8 nitrogen and oxygen atoms in total. The van der Waals surface area contributed by atoms with Gasteiger partial charge in [-0.25, -0.2) is 4.98 Å². The van der Waals surface area contributed by atoms with Crippen LogP contribution >= 0.6 is 0 Å². The topological polar surface area (TPSA) is 108 Å². The smallest absolute Gasteiger partial charge is 0.272 e. The average Bonchev–Trinajstić information content (AvgIpc) is 3.37. The van der Waals surface area contributed by atoms with Crippen LogP contribution < -0.4 is 0 Å². The summed E-state index contributed by atoms with van der Waals surface area (Å²) in [6.07, 6.45) is 3.58. The number of hydrogen-bond acceptors (Lipinski definition) is 5. The zero-order valence-electron chi connectivity index (χ0n) is 18.7. The molecule has 0 bridgehead atoms. The number of hydrogen-bond donors (Lipinski definition) is 2. The van der Waals surface area contributed by atoms with E-state index in [2.05, 4.69) is 25.1 Å². The van der Waals surface area contributed by atoms with Crippen molar-refractivity contribution in [1.82, 2.24) is 30.0 Å². The third-order valence-corrected chi connectivity index (χ3v) is 5.75. The van der Waals surface area contributed by atoms with Crippen LogP contribution in [0.4, 0.5) is 0 Å².